The van der Waals surface area contributed by atoms with E-state index in [1.165, 1.54) is 0 Å². The predicted molar refractivity (Wildman–Crippen MR) is 92.2 cm³/mol. The molecule has 2 N–H and O–H groups in total. The zero-order chi connectivity index (χ0) is 15.7. The number of rotatable bonds is 11. The summed E-state index contributed by atoms with van der Waals surface area (Å²) in [7, 11) is 5.72. The van der Waals surface area contributed by atoms with E-state index in [-0.39, 0.29) is 30.0 Å². The summed E-state index contributed by atoms with van der Waals surface area (Å²) in [6, 6.07) is 4.00. The number of nitrogens with zero attached hydrogens (tertiary/aromatic N) is 2. The fourth-order valence-electron chi connectivity index (χ4n) is 1.78. The summed E-state index contributed by atoms with van der Waals surface area (Å²) < 4.78 is 5.71. The number of likely N-dealkylation sites (N-methyl/N-ethyl adjacent to an activating group) is 1. The molecular weight excluding hydrogens is 328 g/mol. The van der Waals surface area contributed by atoms with Crippen LogP contribution in [0.25, 0.3) is 0 Å². The molecule has 0 bridgehead atoms. The van der Waals surface area contributed by atoms with Gasteiger partial charge >= 0.3 is 0 Å². The van der Waals surface area contributed by atoms with Gasteiger partial charge < -0.3 is 9.32 Å². The largest absolute Gasteiger partial charge is 0.464 e. The van der Waals surface area contributed by atoms with Crippen molar-refractivity contribution < 1.29 is 9.34 Å². The van der Waals surface area contributed by atoms with Crippen LogP contribution in [0.3, 0.4) is 0 Å². The molecule has 0 aliphatic heterocycles. The number of furan rings is 1. The highest BCUT2D eigenvalue weighted by atomic mass is 35.5. The van der Waals surface area contributed by atoms with E-state index < -0.39 is 0 Å². The van der Waals surface area contributed by atoms with Gasteiger partial charge in [0.25, 0.3) is 0 Å². The van der Waals surface area contributed by atoms with Crippen molar-refractivity contribution in [1.82, 2.24) is 15.5 Å². The van der Waals surface area contributed by atoms with E-state index in [1.54, 1.807) is 18.8 Å². The Kier molecular flexibility index (Phi) is 11.3. The van der Waals surface area contributed by atoms with Crippen molar-refractivity contribution in [2.24, 2.45) is 0 Å². The Morgan fingerprint density at radius 3 is 2.68 bits per heavy atom. The van der Waals surface area contributed by atoms with Crippen molar-refractivity contribution in [1.29, 1.82) is 0 Å². The van der Waals surface area contributed by atoms with Crippen LogP contribution in [-0.2, 0) is 12.3 Å². The molecule has 0 saturated carbocycles. The summed E-state index contributed by atoms with van der Waals surface area (Å²) in [5.74, 6) is 3.62. The second kappa shape index (κ2) is 11.7. The molecule has 9 heteroatoms. The lowest BCUT2D eigenvalue weighted by Gasteiger charge is -2.13. The Morgan fingerprint density at radius 2 is 2.09 bits per heavy atom. The van der Waals surface area contributed by atoms with Crippen LogP contribution in [0.2, 0.25) is 0 Å². The smallest absolute Gasteiger partial charge is 0.231 e. The van der Waals surface area contributed by atoms with Crippen LogP contribution in [0.5, 0.6) is 0 Å². The molecule has 0 aromatic carbocycles. The molecule has 22 heavy (non-hydrogen) atoms. The average molecular weight is 353 g/mol. The predicted octanol–water partition coefficient (Wildman–Crippen LogP) is 1.41. The topological polar surface area (TPSA) is 83.6 Å². The van der Waals surface area contributed by atoms with E-state index in [1.807, 2.05) is 26.2 Å². The molecule has 0 fully saturated rings. The second-order valence-corrected chi connectivity index (χ2v) is 6.07. The maximum absolute atomic E-state index is 10.4. The lowest BCUT2D eigenvalue weighted by molar-refractivity contribution is -0.484. The molecule has 1 aromatic heterocycles. The van der Waals surface area contributed by atoms with Gasteiger partial charge in [0, 0.05) is 17.2 Å². The van der Waals surface area contributed by atoms with Crippen molar-refractivity contribution >= 4 is 24.2 Å². The molecule has 128 valence electrons. The average Bonchev–Trinajstić information content (AvgIpc) is 2.83. The fourth-order valence-corrected chi connectivity index (χ4v) is 2.54. The van der Waals surface area contributed by atoms with E-state index >= 15 is 0 Å². The van der Waals surface area contributed by atoms with Crippen molar-refractivity contribution in [3.8, 4) is 0 Å². The number of thioether (sulfide) groups is 1. The highest BCUT2D eigenvalue weighted by Gasteiger charge is 2.11. The van der Waals surface area contributed by atoms with Crippen molar-refractivity contribution in [2.75, 3.05) is 40.0 Å². The molecule has 7 nitrogen and oxygen atoms in total. The molecule has 0 radical (unpaired) electrons. The monoisotopic (exact) mass is 352 g/mol. The van der Waals surface area contributed by atoms with E-state index in [0.29, 0.717) is 0 Å². The fraction of sp³-hybridized carbons (Fsp3) is 0.692. The Morgan fingerprint density at radius 1 is 1.41 bits per heavy atom. The Balaban J connectivity index is 0.00000441. The number of nitrogens with one attached hydrogen (secondary N) is 2. The third-order valence-electron chi connectivity index (χ3n) is 2.75. The van der Waals surface area contributed by atoms with Gasteiger partial charge in [0.2, 0.25) is 6.54 Å². The summed E-state index contributed by atoms with van der Waals surface area (Å²) in [6.45, 7) is 1.40. The van der Waals surface area contributed by atoms with Gasteiger partial charge in [-0.15, -0.1) is 12.4 Å². The molecule has 1 aromatic rings. The Hall–Kier alpha value is -0.800. The minimum Gasteiger partial charge on any atom is -0.464 e. The van der Waals surface area contributed by atoms with Crippen LogP contribution in [-0.4, -0.2) is 56.0 Å². The van der Waals surface area contributed by atoms with Crippen LogP contribution < -0.4 is 10.6 Å². The third-order valence-corrected chi connectivity index (χ3v) is 3.73. The minimum absolute atomic E-state index is 0. The molecule has 1 heterocycles. The molecule has 1 unspecified atom stereocenters. The van der Waals surface area contributed by atoms with Crippen LogP contribution in [0.15, 0.2) is 16.5 Å². The van der Waals surface area contributed by atoms with E-state index in [9.17, 15) is 10.1 Å². The SMILES string of the molecule is CNC(C[N+](=O)[O-])NCCSCc1ccc(CN(C)C)o1.Cl. The lowest BCUT2D eigenvalue weighted by Crippen LogP contribution is -2.46. The summed E-state index contributed by atoms with van der Waals surface area (Å²) in [5.41, 5.74) is 0. The van der Waals surface area contributed by atoms with E-state index in [0.717, 1.165) is 36.1 Å². The van der Waals surface area contributed by atoms with Crippen molar-refractivity contribution in [3.05, 3.63) is 33.8 Å². The Labute approximate surface area is 141 Å². The van der Waals surface area contributed by atoms with Crippen LogP contribution in [0, 0.1) is 10.1 Å². The standard InChI is InChI=1S/C13H24N4O3S.ClH/c1-14-13(9-17(18)19)15-6-7-21-10-12-5-4-11(20-12)8-16(2)3;/h4-5,13-15H,6-10H2,1-3H3;1H. The highest BCUT2D eigenvalue weighted by Crippen LogP contribution is 2.15. The first-order valence-electron chi connectivity index (χ1n) is 6.83. The molecule has 0 spiro atoms. The van der Waals surface area contributed by atoms with Gasteiger partial charge in [-0.05, 0) is 33.3 Å². The normalized spacial score (nSPS) is 12.2. The number of halogens is 1. The zero-order valence-corrected chi connectivity index (χ0v) is 14.8. The molecule has 1 atom stereocenters. The number of hydrogen-bond acceptors (Lipinski definition) is 7. The Bertz CT molecular complexity index is 431. The van der Waals surface area contributed by atoms with E-state index in [4.69, 9.17) is 4.42 Å². The van der Waals surface area contributed by atoms with Gasteiger partial charge in [-0.2, -0.15) is 11.8 Å². The minimum atomic E-state index is -0.323. The summed E-state index contributed by atoms with van der Waals surface area (Å²) in [4.78, 5) is 12.2. The molecule has 0 aliphatic carbocycles. The zero-order valence-electron chi connectivity index (χ0n) is 13.2. The van der Waals surface area contributed by atoms with Gasteiger partial charge in [0.15, 0.2) is 0 Å². The van der Waals surface area contributed by atoms with Crippen molar-refractivity contribution in [2.45, 2.75) is 18.5 Å². The van der Waals surface area contributed by atoms with Gasteiger partial charge in [-0.1, -0.05) is 0 Å². The molecule has 0 saturated heterocycles. The quantitative estimate of drug-likeness (QED) is 0.269. The van der Waals surface area contributed by atoms with Crippen LogP contribution in [0.4, 0.5) is 0 Å². The van der Waals surface area contributed by atoms with Gasteiger partial charge in [-0.25, -0.2) is 0 Å². The summed E-state index contributed by atoms with van der Waals surface area (Å²) >= 11 is 1.74. The van der Waals surface area contributed by atoms with Gasteiger partial charge in [0.05, 0.1) is 12.3 Å². The van der Waals surface area contributed by atoms with Crippen molar-refractivity contribution in [3.63, 3.8) is 0 Å². The first-order valence-corrected chi connectivity index (χ1v) is 7.99. The van der Waals surface area contributed by atoms with Crippen LogP contribution >= 0.6 is 24.2 Å². The number of nitro groups is 1. The summed E-state index contributed by atoms with van der Waals surface area (Å²) in [6.07, 6.45) is -0.282. The van der Waals surface area contributed by atoms with Gasteiger partial charge in [-0.3, -0.25) is 20.7 Å². The third kappa shape index (κ3) is 9.26. The summed E-state index contributed by atoms with van der Waals surface area (Å²) in [5, 5.41) is 16.4. The molecule has 0 aliphatic rings. The van der Waals surface area contributed by atoms with Gasteiger partial charge in [0.1, 0.15) is 17.7 Å². The van der Waals surface area contributed by atoms with Crippen LogP contribution in [0.1, 0.15) is 11.5 Å². The maximum Gasteiger partial charge on any atom is 0.231 e. The number of hydrogen-bond donors (Lipinski definition) is 2. The second-order valence-electron chi connectivity index (χ2n) is 4.97. The maximum atomic E-state index is 10.4. The molecule has 0 amide bonds. The first-order chi connectivity index (χ1) is 10.0. The lowest BCUT2D eigenvalue weighted by atomic mass is 10.4. The molecule has 1 rings (SSSR count). The molecular formula is C13H25ClN4O3S. The van der Waals surface area contributed by atoms with E-state index in [2.05, 4.69) is 15.5 Å². The highest BCUT2D eigenvalue weighted by molar-refractivity contribution is 7.98. The first kappa shape index (κ1) is 21.2.